The van der Waals surface area contributed by atoms with Gasteiger partial charge in [0.15, 0.2) is 21.9 Å². The van der Waals surface area contributed by atoms with Crippen LogP contribution in [0.5, 0.6) is 5.75 Å². The van der Waals surface area contributed by atoms with E-state index < -0.39 is 33.9 Å². The Morgan fingerprint density at radius 2 is 1.86 bits per heavy atom. The highest BCUT2D eigenvalue weighted by molar-refractivity contribution is 7.90. The first kappa shape index (κ1) is 15.9. The van der Waals surface area contributed by atoms with Gasteiger partial charge in [0.1, 0.15) is 0 Å². The molecule has 2 rings (SSSR count). The lowest BCUT2D eigenvalue weighted by Crippen LogP contribution is -2.20. The molecule has 1 saturated heterocycles. The van der Waals surface area contributed by atoms with Gasteiger partial charge in [0.2, 0.25) is 0 Å². The minimum absolute atomic E-state index is 0.166. The number of ether oxygens (including phenoxy) is 3. The molecule has 0 amide bonds. The third-order valence-corrected chi connectivity index (χ3v) is 3.73. The first-order valence-corrected chi connectivity index (χ1v) is 7.59. The molecule has 1 fully saturated rings. The van der Waals surface area contributed by atoms with Crippen molar-refractivity contribution in [3.63, 3.8) is 0 Å². The standard InChI is InChI=1S/C11H12F3NO5S/c1-21(16,17)6-4-7(10-18-2-3-19-10)9(8(15)5-6)20-11(12,13)14/h4-5,10H,2-3,15H2,1H3. The molecule has 1 aromatic carbocycles. The summed E-state index contributed by atoms with van der Waals surface area (Å²) in [5, 5.41) is 0. The zero-order valence-electron chi connectivity index (χ0n) is 10.8. The zero-order chi connectivity index (χ0) is 15.8. The van der Waals surface area contributed by atoms with Crippen LogP contribution in [0.3, 0.4) is 0 Å². The Bertz CT molecular complexity index is 638. The van der Waals surface area contributed by atoms with Crippen molar-refractivity contribution >= 4 is 15.5 Å². The van der Waals surface area contributed by atoms with Gasteiger partial charge in [-0.15, -0.1) is 13.2 Å². The predicted octanol–water partition coefficient (Wildman–Crippen LogP) is 1.62. The van der Waals surface area contributed by atoms with E-state index in [2.05, 4.69) is 4.74 Å². The summed E-state index contributed by atoms with van der Waals surface area (Å²) in [5.74, 6) is -0.721. The number of halogens is 3. The fraction of sp³-hybridized carbons (Fsp3) is 0.455. The summed E-state index contributed by atoms with van der Waals surface area (Å²) in [6.45, 7) is 0.332. The number of hydrogen-bond donors (Lipinski definition) is 1. The molecular weight excluding hydrogens is 315 g/mol. The predicted molar refractivity (Wildman–Crippen MR) is 65.3 cm³/mol. The van der Waals surface area contributed by atoms with Gasteiger partial charge in [-0.1, -0.05) is 0 Å². The van der Waals surface area contributed by atoms with E-state index in [4.69, 9.17) is 15.2 Å². The Labute approximate surface area is 118 Å². The fourth-order valence-electron chi connectivity index (χ4n) is 1.81. The van der Waals surface area contributed by atoms with Crippen LogP contribution in [0.15, 0.2) is 17.0 Å². The number of hydrogen-bond acceptors (Lipinski definition) is 6. The first-order valence-electron chi connectivity index (χ1n) is 5.70. The average Bonchev–Trinajstić information content (AvgIpc) is 2.81. The van der Waals surface area contributed by atoms with Gasteiger partial charge in [-0.05, 0) is 12.1 Å². The van der Waals surface area contributed by atoms with Crippen molar-refractivity contribution in [3.05, 3.63) is 17.7 Å². The zero-order valence-corrected chi connectivity index (χ0v) is 11.6. The van der Waals surface area contributed by atoms with Crippen LogP contribution in [0.2, 0.25) is 0 Å². The lowest BCUT2D eigenvalue weighted by atomic mass is 10.1. The maximum Gasteiger partial charge on any atom is 0.573 e. The van der Waals surface area contributed by atoms with Gasteiger partial charge in [-0.25, -0.2) is 8.42 Å². The van der Waals surface area contributed by atoms with Gasteiger partial charge in [0.25, 0.3) is 0 Å². The summed E-state index contributed by atoms with van der Waals surface area (Å²) in [6.07, 6.45) is -5.23. The second-order valence-electron chi connectivity index (χ2n) is 4.32. The Morgan fingerprint density at radius 3 is 2.33 bits per heavy atom. The van der Waals surface area contributed by atoms with Crippen molar-refractivity contribution in [1.82, 2.24) is 0 Å². The molecule has 0 bridgehead atoms. The van der Waals surface area contributed by atoms with E-state index in [0.717, 1.165) is 18.4 Å². The monoisotopic (exact) mass is 327 g/mol. The van der Waals surface area contributed by atoms with Gasteiger partial charge in [-0.2, -0.15) is 0 Å². The second kappa shape index (κ2) is 5.35. The number of nitrogen functional groups attached to an aromatic ring is 1. The molecule has 0 atom stereocenters. The first-order chi connectivity index (χ1) is 9.58. The number of anilines is 1. The molecule has 10 heteroatoms. The highest BCUT2D eigenvalue weighted by Crippen LogP contribution is 2.40. The normalized spacial score (nSPS) is 17.1. The Kier molecular flexibility index (Phi) is 4.04. The van der Waals surface area contributed by atoms with Crippen molar-refractivity contribution in [2.45, 2.75) is 17.5 Å². The molecule has 0 aliphatic carbocycles. The van der Waals surface area contributed by atoms with Crippen LogP contribution in [-0.2, 0) is 19.3 Å². The van der Waals surface area contributed by atoms with Crippen LogP contribution >= 0.6 is 0 Å². The van der Waals surface area contributed by atoms with Gasteiger partial charge in [0, 0.05) is 6.26 Å². The van der Waals surface area contributed by atoms with E-state index in [9.17, 15) is 21.6 Å². The van der Waals surface area contributed by atoms with Crippen LogP contribution in [0.1, 0.15) is 11.9 Å². The fourth-order valence-corrected chi connectivity index (χ4v) is 2.49. The molecule has 0 unspecified atom stereocenters. The van der Waals surface area contributed by atoms with Gasteiger partial charge < -0.3 is 19.9 Å². The minimum atomic E-state index is -4.98. The molecule has 2 N–H and O–H groups in total. The molecule has 21 heavy (non-hydrogen) atoms. The van der Waals surface area contributed by atoms with Crippen molar-refractivity contribution in [3.8, 4) is 5.75 Å². The van der Waals surface area contributed by atoms with E-state index in [0.29, 0.717) is 0 Å². The van der Waals surface area contributed by atoms with Crippen molar-refractivity contribution in [1.29, 1.82) is 0 Å². The summed E-state index contributed by atoms with van der Waals surface area (Å²) in [5.41, 5.74) is 4.81. The SMILES string of the molecule is CS(=O)(=O)c1cc(N)c(OC(F)(F)F)c(C2OCCO2)c1. The summed E-state index contributed by atoms with van der Waals surface area (Å²) in [7, 11) is -3.67. The molecule has 1 heterocycles. The highest BCUT2D eigenvalue weighted by Gasteiger charge is 2.36. The minimum Gasteiger partial charge on any atom is -0.403 e. The molecule has 0 radical (unpaired) electrons. The van der Waals surface area contributed by atoms with E-state index in [1.165, 1.54) is 0 Å². The lowest BCUT2D eigenvalue weighted by molar-refractivity contribution is -0.275. The molecule has 1 aliphatic rings. The summed E-state index contributed by atoms with van der Waals surface area (Å²) >= 11 is 0. The van der Waals surface area contributed by atoms with Crippen LogP contribution in [-0.4, -0.2) is 34.2 Å². The van der Waals surface area contributed by atoms with Gasteiger partial charge in [0.05, 0.1) is 29.4 Å². The Balaban J connectivity index is 2.57. The van der Waals surface area contributed by atoms with E-state index >= 15 is 0 Å². The number of nitrogens with two attached hydrogens (primary N) is 1. The maximum absolute atomic E-state index is 12.4. The summed E-state index contributed by atoms with van der Waals surface area (Å²) in [6, 6.07) is 1.90. The number of alkyl halides is 3. The molecule has 0 aromatic heterocycles. The third kappa shape index (κ3) is 3.77. The smallest absolute Gasteiger partial charge is 0.403 e. The molecule has 0 saturated carbocycles. The van der Waals surface area contributed by atoms with Gasteiger partial charge >= 0.3 is 6.36 Å². The van der Waals surface area contributed by atoms with Crippen LogP contribution < -0.4 is 10.5 Å². The highest BCUT2D eigenvalue weighted by atomic mass is 32.2. The molecule has 118 valence electrons. The molecular formula is C11H12F3NO5S. The van der Waals surface area contributed by atoms with Crippen molar-refractivity contribution in [2.24, 2.45) is 0 Å². The number of benzene rings is 1. The van der Waals surface area contributed by atoms with Crippen LogP contribution in [0, 0.1) is 0 Å². The Hall–Kier alpha value is -1.52. The molecule has 1 aromatic rings. The summed E-state index contributed by atoms with van der Waals surface area (Å²) < 4.78 is 74.5. The second-order valence-corrected chi connectivity index (χ2v) is 6.34. The molecule has 6 nitrogen and oxygen atoms in total. The lowest BCUT2D eigenvalue weighted by Gasteiger charge is -2.19. The third-order valence-electron chi connectivity index (χ3n) is 2.64. The maximum atomic E-state index is 12.4. The van der Waals surface area contributed by atoms with E-state index in [-0.39, 0.29) is 23.7 Å². The van der Waals surface area contributed by atoms with Crippen LogP contribution in [0.25, 0.3) is 0 Å². The topological polar surface area (TPSA) is 87.9 Å². The van der Waals surface area contributed by atoms with Crippen molar-refractivity contribution < 1.29 is 35.8 Å². The molecule has 1 aliphatic heterocycles. The summed E-state index contributed by atoms with van der Waals surface area (Å²) in [4.78, 5) is -0.247. The van der Waals surface area contributed by atoms with Gasteiger partial charge in [-0.3, -0.25) is 0 Å². The quantitative estimate of drug-likeness (QED) is 0.849. The largest absolute Gasteiger partial charge is 0.573 e. The molecule has 0 spiro atoms. The Morgan fingerprint density at radius 1 is 1.29 bits per heavy atom. The number of sulfone groups is 1. The van der Waals surface area contributed by atoms with E-state index in [1.54, 1.807) is 0 Å². The average molecular weight is 327 g/mol. The number of rotatable bonds is 3. The van der Waals surface area contributed by atoms with E-state index in [1.807, 2.05) is 0 Å². The van der Waals surface area contributed by atoms with Crippen LogP contribution in [0.4, 0.5) is 18.9 Å². The van der Waals surface area contributed by atoms with Crippen molar-refractivity contribution in [2.75, 3.05) is 25.2 Å².